The van der Waals surface area contributed by atoms with Crippen molar-refractivity contribution in [3.8, 4) is 0 Å². The van der Waals surface area contributed by atoms with Crippen LogP contribution in [-0.2, 0) is 63.7 Å². The molecule has 0 aromatic rings. The smallest absolute Gasteiger partial charge is 0.411 e. The summed E-state index contributed by atoms with van der Waals surface area (Å²) in [4.78, 5) is 4.55. The fourth-order valence-corrected chi connectivity index (χ4v) is 6.24. The Balaban J connectivity index is 0.000000227. The molecule has 4 fully saturated rings. The summed E-state index contributed by atoms with van der Waals surface area (Å²) in [5, 5.41) is 0. The molecule has 0 aromatic heterocycles. The van der Waals surface area contributed by atoms with E-state index in [2.05, 4.69) is 9.80 Å². The molecule has 4 saturated heterocycles. The zero-order valence-corrected chi connectivity index (χ0v) is 25.7. The third kappa shape index (κ3) is 9.58. The molecule has 4 aliphatic heterocycles. The average Bonchev–Trinajstić information content (AvgIpc) is 2.82. The summed E-state index contributed by atoms with van der Waals surface area (Å²) >= 11 is 21.0. The van der Waals surface area contributed by atoms with Crippen molar-refractivity contribution in [1.29, 1.82) is 0 Å². The van der Waals surface area contributed by atoms with Gasteiger partial charge < -0.3 is 78.4 Å². The molecule has 4 rings (SSSR count). The maximum absolute atomic E-state index is 5.39. The Morgan fingerprint density at radius 2 is 0.667 bits per heavy atom. The first-order valence-electron chi connectivity index (χ1n) is 11.9. The fraction of sp³-hybridized carbons (Fsp3) is 0.909. The summed E-state index contributed by atoms with van der Waals surface area (Å²) in [5.74, 6) is 0. The van der Waals surface area contributed by atoms with Crippen molar-refractivity contribution in [1.82, 2.24) is 9.80 Å². The van der Waals surface area contributed by atoms with Crippen molar-refractivity contribution < 1.29 is 38.4 Å². The van der Waals surface area contributed by atoms with Gasteiger partial charge in [-0.1, -0.05) is 8.64 Å². The van der Waals surface area contributed by atoms with Gasteiger partial charge in [-0.05, 0) is 51.4 Å². The van der Waals surface area contributed by atoms with Gasteiger partial charge in [0.1, 0.15) is 0 Å². The number of ether oxygens (including phenoxy) is 4. The van der Waals surface area contributed by atoms with E-state index in [1.54, 1.807) is 0 Å². The van der Waals surface area contributed by atoms with Gasteiger partial charge in [0.15, 0.2) is 0 Å². The van der Waals surface area contributed by atoms with Crippen LogP contribution in [0.15, 0.2) is 0 Å². The Labute approximate surface area is 233 Å². The standard InChI is InChI=1S/2C11H19NO2S2.Zn/c2*15-11(16)12(9-1-5-13-6-2-9)10-3-7-14-8-4-10;/h2*9-10H,1-8H2,(H,15,16);/q;;+2/p-2. The quantitative estimate of drug-likeness (QED) is 0.279. The van der Waals surface area contributed by atoms with Crippen LogP contribution in [0.2, 0.25) is 0 Å². The summed E-state index contributed by atoms with van der Waals surface area (Å²) in [6, 6.07) is 1.95. The molecule has 0 atom stereocenters. The van der Waals surface area contributed by atoms with E-state index in [0.29, 0.717) is 32.8 Å². The van der Waals surface area contributed by atoms with Crippen LogP contribution in [0.1, 0.15) is 51.4 Å². The van der Waals surface area contributed by atoms with Crippen molar-refractivity contribution in [2.75, 3.05) is 52.9 Å². The van der Waals surface area contributed by atoms with Crippen LogP contribution in [0.3, 0.4) is 0 Å². The van der Waals surface area contributed by atoms with E-state index in [4.69, 9.17) is 68.6 Å². The van der Waals surface area contributed by atoms with Crippen LogP contribution in [0, 0.1) is 0 Å². The van der Waals surface area contributed by atoms with Crippen molar-refractivity contribution in [3.63, 3.8) is 0 Å². The largest absolute Gasteiger partial charge is 2.00 e. The first-order chi connectivity index (χ1) is 15.6. The molecule has 4 heterocycles. The Morgan fingerprint density at radius 1 is 0.485 bits per heavy atom. The van der Waals surface area contributed by atoms with Gasteiger partial charge >= 0.3 is 19.5 Å². The number of rotatable bonds is 4. The molecule has 0 unspecified atom stereocenters. The van der Waals surface area contributed by atoms with E-state index in [9.17, 15) is 0 Å². The normalized spacial score (nSPS) is 23.5. The van der Waals surface area contributed by atoms with Crippen molar-refractivity contribution in [2.24, 2.45) is 0 Å². The summed E-state index contributed by atoms with van der Waals surface area (Å²) in [7, 11) is 0. The second-order valence-corrected chi connectivity index (χ2v) is 10.8. The molecule has 0 saturated carbocycles. The molecule has 11 heteroatoms. The van der Waals surface area contributed by atoms with Gasteiger partial charge in [0.25, 0.3) is 0 Å². The van der Waals surface area contributed by atoms with Crippen molar-refractivity contribution >= 4 is 58.3 Å². The maximum atomic E-state index is 5.39. The van der Waals surface area contributed by atoms with E-state index in [1.165, 1.54) is 0 Å². The minimum atomic E-state index is 0. The SMILES string of the molecule is S=C([S-])N(C1CCOCC1)C1CCOCC1.S=C([S-])N(C1CCOCC1)C1CCOCC1.[Zn+2]. The summed E-state index contributed by atoms with van der Waals surface area (Å²) in [5.41, 5.74) is 0. The molecule has 0 amide bonds. The second-order valence-electron chi connectivity index (χ2n) is 8.72. The van der Waals surface area contributed by atoms with Crippen LogP contribution in [0.4, 0.5) is 0 Å². The van der Waals surface area contributed by atoms with E-state index in [1.807, 2.05) is 0 Å². The minimum absolute atomic E-state index is 0. The number of hydrogen-bond donors (Lipinski definition) is 0. The number of thiocarbonyl (C=S) groups is 2. The fourth-order valence-electron chi connectivity index (χ4n) is 5.05. The van der Waals surface area contributed by atoms with Crippen molar-refractivity contribution in [2.45, 2.75) is 75.5 Å². The van der Waals surface area contributed by atoms with Crippen LogP contribution in [0.25, 0.3) is 0 Å². The van der Waals surface area contributed by atoms with Gasteiger partial charge in [-0.2, -0.15) is 0 Å². The molecule has 0 aromatic carbocycles. The third-order valence-electron chi connectivity index (χ3n) is 6.76. The Bertz CT molecular complexity index is 497. The van der Waals surface area contributed by atoms with Gasteiger partial charge in [-0.3, -0.25) is 0 Å². The Morgan fingerprint density at radius 3 is 0.818 bits per heavy atom. The monoisotopic (exact) mass is 584 g/mol. The number of nitrogens with zero attached hydrogens (tertiary/aromatic N) is 2. The Kier molecular flexibility index (Phi) is 14.9. The average molecular weight is 586 g/mol. The molecular formula is C22H36N2O4S4Zn. The number of hydrogen-bond acceptors (Lipinski definition) is 8. The molecule has 0 N–H and O–H groups in total. The minimum Gasteiger partial charge on any atom is -0.411 e. The van der Waals surface area contributed by atoms with E-state index in [0.717, 1.165) is 104 Å². The van der Waals surface area contributed by atoms with Crippen molar-refractivity contribution in [3.05, 3.63) is 0 Å². The Hall–Kier alpha value is 0.683. The molecule has 0 bridgehead atoms. The summed E-state index contributed by atoms with van der Waals surface area (Å²) in [6.45, 7) is 6.69. The van der Waals surface area contributed by atoms with Crippen LogP contribution >= 0.6 is 24.4 Å². The summed E-state index contributed by atoms with van der Waals surface area (Å²) < 4.78 is 22.8. The van der Waals surface area contributed by atoms with E-state index in [-0.39, 0.29) is 19.5 Å². The van der Waals surface area contributed by atoms with Gasteiger partial charge in [-0.25, -0.2) is 0 Å². The zero-order chi connectivity index (χ0) is 22.8. The summed E-state index contributed by atoms with van der Waals surface area (Å²) in [6.07, 6.45) is 8.40. The predicted octanol–water partition coefficient (Wildman–Crippen LogP) is 2.95. The molecule has 0 radical (unpaired) electrons. The van der Waals surface area contributed by atoms with Gasteiger partial charge in [0, 0.05) is 77.0 Å². The van der Waals surface area contributed by atoms with Gasteiger partial charge in [0.05, 0.1) is 0 Å². The van der Waals surface area contributed by atoms with E-state index < -0.39 is 0 Å². The second kappa shape index (κ2) is 16.4. The predicted molar refractivity (Wildman–Crippen MR) is 139 cm³/mol. The van der Waals surface area contributed by atoms with Crippen LogP contribution in [-0.4, -0.2) is 95.5 Å². The van der Waals surface area contributed by atoms with Gasteiger partial charge in [-0.15, -0.1) is 0 Å². The van der Waals surface area contributed by atoms with Gasteiger partial charge in [0.2, 0.25) is 0 Å². The molecule has 33 heavy (non-hydrogen) atoms. The third-order valence-corrected chi connectivity index (χ3v) is 7.60. The maximum Gasteiger partial charge on any atom is 2.00 e. The molecule has 184 valence electrons. The zero-order valence-electron chi connectivity index (χ0n) is 19.5. The van der Waals surface area contributed by atoms with Crippen LogP contribution in [0.5, 0.6) is 0 Å². The molecule has 6 nitrogen and oxygen atoms in total. The first-order valence-corrected chi connectivity index (χ1v) is 13.5. The molecule has 0 aliphatic carbocycles. The van der Waals surface area contributed by atoms with Crippen LogP contribution < -0.4 is 0 Å². The topological polar surface area (TPSA) is 43.4 Å². The molecule has 0 spiro atoms. The molecule has 4 aliphatic rings. The molecular weight excluding hydrogens is 550 g/mol. The van der Waals surface area contributed by atoms with E-state index >= 15 is 0 Å². The first kappa shape index (κ1) is 29.9.